The van der Waals surface area contributed by atoms with Crippen LogP contribution in [0.5, 0.6) is 0 Å². The highest BCUT2D eigenvalue weighted by Crippen LogP contribution is 2.24. The summed E-state index contributed by atoms with van der Waals surface area (Å²) >= 11 is 0. The molecular formula is C15H23F2N5O2. The van der Waals surface area contributed by atoms with Crippen molar-refractivity contribution in [1.82, 2.24) is 14.9 Å². The van der Waals surface area contributed by atoms with Crippen LogP contribution in [0.25, 0.3) is 0 Å². The number of halogens is 2. The maximum atomic E-state index is 13.3. The first-order valence-electron chi connectivity index (χ1n) is 7.74. The Morgan fingerprint density at radius 3 is 2.67 bits per heavy atom. The second kappa shape index (κ2) is 6.94. The van der Waals surface area contributed by atoms with Crippen molar-refractivity contribution in [1.29, 1.82) is 0 Å². The molecule has 2 rings (SSSR count). The number of hydrogen-bond donors (Lipinski definition) is 2. The molecule has 1 fully saturated rings. The monoisotopic (exact) mass is 343 g/mol. The summed E-state index contributed by atoms with van der Waals surface area (Å²) < 4.78 is 26.6. The molecule has 0 spiro atoms. The van der Waals surface area contributed by atoms with E-state index in [1.165, 1.54) is 7.05 Å². The number of carbonyl (C=O) groups excluding carboxylic acids is 1. The summed E-state index contributed by atoms with van der Waals surface area (Å²) in [5.41, 5.74) is 7.37. The van der Waals surface area contributed by atoms with Crippen molar-refractivity contribution < 1.29 is 18.7 Å². The van der Waals surface area contributed by atoms with Gasteiger partial charge in [0.25, 0.3) is 11.8 Å². The van der Waals surface area contributed by atoms with E-state index in [1.54, 1.807) is 6.92 Å². The van der Waals surface area contributed by atoms with Crippen molar-refractivity contribution in [2.75, 3.05) is 38.2 Å². The van der Waals surface area contributed by atoms with Crippen molar-refractivity contribution in [3.05, 3.63) is 17.1 Å². The third kappa shape index (κ3) is 3.96. The smallest absolute Gasteiger partial charge is 0.291 e. The zero-order valence-electron chi connectivity index (χ0n) is 14.1. The van der Waals surface area contributed by atoms with Crippen LogP contribution in [0.3, 0.4) is 0 Å². The van der Waals surface area contributed by atoms with Gasteiger partial charge in [-0.05, 0) is 20.3 Å². The van der Waals surface area contributed by atoms with Gasteiger partial charge in [-0.2, -0.15) is 0 Å². The maximum Gasteiger partial charge on any atom is 0.291 e. The van der Waals surface area contributed by atoms with Gasteiger partial charge in [0.2, 0.25) is 5.82 Å². The van der Waals surface area contributed by atoms with Crippen LogP contribution in [0.2, 0.25) is 0 Å². The second-order valence-corrected chi connectivity index (χ2v) is 6.25. The lowest BCUT2D eigenvalue weighted by molar-refractivity contribution is -0.0643. The van der Waals surface area contributed by atoms with Crippen LogP contribution >= 0.6 is 0 Å². The van der Waals surface area contributed by atoms with Crippen molar-refractivity contribution in [2.45, 2.75) is 32.2 Å². The molecule has 1 saturated heterocycles. The van der Waals surface area contributed by atoms with Gasteiger partial charge in [-0.15, -0.1) is 0 Å². The van der Waals surface area contributed by atoms with E-state index >= 15 is 0 Å². The number of aliphatic hydroxyl groups is 1. The minimum Gasteiger partial charge on any atom is -0.390 e. The van der Waals surface area contributed by atoms with E-state index in [0.717, 1.165) is 23.4 Å². The predicted octanol–water partition coefficient (Wildman–Crippen LogP) is 0.330. The number of aryl methyl sites for hydroxylation is 1. The largest absolute Gasteiger partial charge is 0.390 e. The molecule has 7 nitrogen and oxygen atoms in total. The van der Waals surface area contributed by atoms with Gasteiger partial charge in [0, 0.05) is 37.4 Å². The minimum atomic E-state index is -3.37. The van der Waals surface area contributed by atoms with Crippen LogP contribution in [0.1, 0.15) is 28.3 Å². The Morgan fingerprint density at radius 1 is 1.46 bits per heavy atom. The standard InChI is InChI=1S/C15H23F2N5O2/c1-9-10(2)19-12(14(24)21(3)7-15(16,17)8-23)20-13(9)22-5-4-11(18)6-22/h11,23H,4-8,18H2,1-3H3/t11-/m1/s1. The first-order valence-corrected chi connectivity index (χ1v) is 7.74. The fourth-order valence-electron chi connectivity index (χ4n) is 2.64. The number of carbonyl (C=O) groups is 1. The average molecular weight is 343 g/mol. The summed E-state index contributed by atoms with van der Waals surface area (Å²) in [7, 11) is 1.23. The highest BCUT2D eigenvalue weighted by atomic mass is 19.3. The molecule has 3 N–H and O–H groups in total. The zero-order valence-corrected chi connectivity index (χ0v) is 14.1. The SMILES string of the molecule is Cc1nc(C(=O)N(C)CC(F)(F)CO)nc(N2CC[C@@H](N)C2)c1C. The number of nitrogens with two attached hydrogens (primary N) is 1. The van der Waals surface area contributed by atoms with E-state index in [9.17, 15) is 13.6 Å². The van der Waals surface area contributed by atoms with Gasteiger partial charge in [0.1, 0.15) is 12.4 Å². The molecule has 0 unspecified atom stereocenters. The van der Waals surface area contributed by atoms with E-state index in [4.69, 9.17) is 10.8 Å². The number of nitrogens with zero attached hydrogens (tertiary/aromatic N) is 4. The van der Waals surface area contributed by atoms with Crippen LogP contribution in [0.4, 0.5) is 14.6 Å². The number of anilines is 1. The van der Waals surface area contributed by atoms with Crippen LogP contribution in [0, 0.1) is 13.8 Å². The van der Waals surface area contributed by atoms with E-state index < -0.39 is 25.0 Å². The molecule has 134 valence electrons. The zero-order chi connectivity index (χ0) is 18.1. The number of alkyl halides is 2. The van der Waals surface area contributed by atoms with Gasteiger partial charge in [0.05, 0.1) is 6.54 Å². The summed E-state index contributed by atoms with van der Waals surface area (Å²) in [6.07, 6.45) is 0.828. The lowest BCUT2D eigenvalue weighted by atomic mass is 10.2. The summed E-state index contributed by atoms with van der Waals surface area (Å²) in [4.78, 5) is 23.6. The lowest BCUT2D eigenvalue weighted by Crippen LogP contribution is -2.41. The van der Waals surface area contributed by atoms with Crippen molar-refractivity contribution in [2.24, 2.45) is 5.73 Å². The fraction of sp³-hybridized carbons (Fsp3) is 0.667. The maximum absolute atomic E-state index is 13.3. The quantitative estimate of drug-likeness (QED) is 0.800. The Bertz CT molecular complexity index is 626. The number of hydrogen-bond acceptors (Lipinski definition) is 6. The fourth-order valence-corrected chi connectivity index (χ4v) is 2.64. The molecule has 1 aromatic rings. The number of aliphatic hydroxyl groups excluding tert-OH is 1. The molecule has 1 amide bonds. The van der Waals surface area contributed by atoms with E-state index in [2.05, 4.69) is 9.97 Å². The van der Waals surface area contributed by atoms with Crippen molar-refractivity contribution in [3.63, 3.8) is 0 Å². The van der Waals surface area contributed by atoms with Gasteiger partial charge in [0.15, 0.2) is 0 Å². The molecule has 9 heteroatoms. The summed E-state index contributed by atoms with van der Waals surface area (Å²) in [5, 5.41) is 8.65. The molecule has 0 aliphatic carbocycles. The van der Waals surface area contributed by atoms with Crippen molar-refractivity contribution in [3.8, 4) is 0 Å². The Kier molecular flexibility index (Phi) is 5.34. The van der Waals surface area contributed by atoms with Crippen LogP contribution in [0.15, 0.2) is 0 Å². The molecule has 1 aliphatic rings. The first kappa shape index (κ1) is 18.5. The Hall–Kier alpha value is -1.87. The highest BCUT2D eigenvalue weighted by molar-refractivity contribution is 5.91. The van der Waals surface area contributed by atoms with Crippen LogP contribution in [-0.2, 0) is 0 Å². The Labute approximate surface area is 139 Å². The van der Waals surface area contributed by atoms with E-state index in [1.807, 2.05) is 11.8 Å². The lowest BCUT2D eigenvalue weighted by Gasteiger charge is -2.24. The number of amides is 1. The van der Waals surface area contributed by atoms with E-state index in [-0.39, 0.29) is 11.9 Å². The topological polar surface area (TPSA) is 95.6 Å². The Morgan fingerprint density at radius 2 is 2.12 bits per heavy atom. The first-order chi connectivity index (χ1) is 11.1. The van der Waals surface area contributed by atoms with Gasteiger partial charge in [-0.1, -0.05) is 0 Å². The molecule has 0 saturated carbocycles. The third-order valence-corrected chi connectivity index (χ3v) is 4.13. The molecule has 24 heavy (non-hydrogen) atoms. The highest BCUT2D eigenvalue weighted by Gasteiger charge is 2.33. The molecule has 1 aromatic heterocycles. The van der Waals surface area contributed by atoms with Crippen LogP contribution in [-0.4, -0.2) is 71.1 Å². The van der Waals surface area contributed by atoms with Crippen LogP contribution < -0.4 is 10.6 Å². The molecular weight excluding hydrogens is 320 g/mol. The number of rotatable bonds is 5. The summed E-state index contributed by atoms with van der Waals surface area (Å²) in [5.74, 6) is -3.60. The average Bonchev–Trinajstić information content (AvgIpc) is 2.95. The minimum absolute atomic E-state index is 0.0461. The van der Waals surface area contributed by atoms with Gasteiger partial charge in [-0.3, -0.25) is 4.79 Å². The predicted molar refractivity (Wildman–Crippen MR) is 85.3 cm³/mol. The summed E-state index contributed by atoms with van der Waals surface area (Å²) in [6.45, 7) is 2.73. The van der Waals surface area contributed by atoms with Gasteiger partial charge < -0.3 is 20.6 Å². The molecule has 1 aliphatic heterocycles. The normalized spacial score (nSPS) is 18.1. The third-order valence-electron chi connectivity index (χ3n) is 4.13. The molecule has 0 radical (unpaired) electrons. The van der Waals surface area contributed by atoms with Gasteiger partial charge >= 0.3 is 0 Å². The van der Waals surface area contributed by atoms with E-state index in [0.29, 0.717) is 18.1 Å². The number of aromatic nitrogens is 2. The van der Waals surface area contributed by atoms with Crippen molar-refractivity contribution >= 4 is 11.7 Å². The van der Waals surface area contributed by atoms with Gasteiger partial charge in [-0.25, -0.2) is 18.7 Å². The molecule has 2 heterocycles. The molecule has 0 aromatic carbocycles. The second-order valence-electron chi connectivity index (χ2n) is 6.25. The summed E-state index contributed by atoms with van der Waals surface area (Å²) in [6, 6.07) is 0.0461. The molecule has 1 atom stereocenters. The molecule has 0 bridgehead atoms. The Balaban J connectivity index is 2.27.